The number of hydrogen-bond acceptors (Lipinski definition) is 4. The number of anilines is 1. The van der Waals surface area contributed by atoms with E-state index in [9.17, 15) is 4.79 Å². The van der Waals surface area contributed by atoms with Gasteiger partial charge in [0.2, 0.25) is 5.91 Å². The molecule has 2 rings (SSSR count). The van der Waals surface area contributed by atoms with Crippen LogP contribution >= 0.6 is 0 Å². The molecular formula is C14H15N5O. The lowest BCUT2D eigenvalue weighted by Gasteiger charge is -2.17. The summed E-state index contributed by atoms with van der Waals surface area (Å²) >= 11 is 0. The number of pyridine rings is 1. The summed E-state index contributed by atoms with van der Waals surface area (Å²) in [4.78, 5) is 17.5. The molecule has 0 aliphatic carbocycles. The molecule has 2 aromatic rings. The van der Waals surface area contributed by atoms with Crippen LogP contribution in [-0.2, 0) is 4.79 Å². The molecule has 0 N–H and O–H groups in total. The third kappa shape index (κ3) is 2.52. The van der Waals surface area contributed by atoms with Crippen LogP contribution in [0.5, 0.6) is 0 Å². The average Bonchev–Trinajstić information content (AvgIpc) is 2.87. The van der Waals surface area contributed by atoms with Crippen molar-refractivity contribution in [2.75, 3.05) is 11.9 Å². The minimum atomic E-state index is -0.679. The molecule has 1 amide bonds. The van der Waals surface area contributed by atoms with E-state index in [1.807, 2.05) is 25.1 Å². The van der Waals surface area contributed by atoms with E-state index in [1.165, 1.54) is 4.90 Å². The second-order valence-corrected chi connectivity index (χ2v) is 4.50. The Balaban J connectivity index is 2.33. The molecule has 6 heteroatoms. The summed E-state index contributed by atoms with van der Waals surface area (Å²) in [5, 5.41) is 13.2. The van der Waals surface area contributed by atoms with Crippen molar-refractivity contribution in [3.05, 3.63) is 36.4 Å². The molecule has 0 bridgehead atoms. The molecule has 0 fully saturated rings. The molecule has 1 unspecified atom stereocenters. The van der Waals surface area contributed by atoms with Gasteiger partial charge in [-0.1, -0.05) is 0 Å². The number of hydrogen-bond donors (Lipinski definition) is 0. The normalized spacial score (nSPS) is 11.7. The van der Waals surface area contributed by atoms with Crippen molar-refractivity contribution in [3.8, 4) is 11.8 Å². The zero-order chi connectivity index (χ0) is 14.7. The van der Waals surface area contributed by atoms with Crippen molar-refractivity contribution in [1.82, 2.24) is 14.8 Å². The van der Waals surface area contributed by atoms with Crippen molar-refractivity contribution in [2.24, 2.45) is 5.92 Å². The maximum Gasteiger partial charge on any atom is 0.243 e. The second-order valence-electron chi connectivity index (χ2n) is 4.50. The van der Waals surface area contributed by atoms with Crippen LogP contribution in [0.15, 0.2) is 30.7 Å². The van der Waals surface area contributed by atoms with Crippen LogP contribution in [0.3, 0.4) is 0 Å². The Kier molecular flexibility index (Phi) is 3.80. The van der Waals surface area contributed by atoms with Gasteiger partial charge in [0.15, 0.2) is 0 Å². The van der Waals surface area contributed by atoms with E-state index in [0.717, 1.165) is 11.4 Å². The van der Waals surface area contributed by atoms with Gasteiger partial charge in [-0.15, -0.1) is 0 Å². The Labute approximate surface area is 117 Å². The van der Waals surface area contributed by atoms with Gasteiger partial charge < -0.3 is 4.90 Å². The van der Waals surface area contributed by atoms with Crippen LogP contribution in [0.4, 0.5) is 5.69 Å². The van der Waals surface area contributed by atoms with Crippen molar-refractivity contribution >= 4 is 11.6 Å². The summed E-state index contributed by atoms with van der Waals surface area (Å²) in [6.07, 6.45) is 5.13. The first kappa shape index (κ1) is 13.7. The van der Waals surface area contributed by atoms with Crippen LogP contribution < -0.4 is 4.90 Å². The predicted molar refractivity (Wildman–Crippen MR) is 74.3 cm³/mol. The molecule has 0 saturated heterocycles. The van der Waals surface area contributed by atoms with Gasteiger partial charge in [-0.25, -0.2) is 4.68 Å². The molecule has 20 heavy (non-hydrogen) atoms. The predicted octanol–water partition coefficient (Wildman–Crippen LogP) is 1.70. The van der Waals surface area contributed by atoms with E-state index in [1.54, 1.807) is 37.2 Å². The SMILES string of the molecule is Cc1nn(-c2cccnc2)cc1N(C)C(=O)C(C)C#N. The standard InChI is InChI=1S/C14H15N5O/c1-10(7-15)14(20)18(3)13-9-19(17-11(13)2)12-5-4-6-16-8-12/h4-6,8-10H,1-3H3. The lowest BCUT2D eigenvalue weighted by Crippen LogP contribution is -2.31. The largest absolute Gasteiger partial charge is 0.311 e. The smallest absolute Gasteiger partial charge is 0.243 e. The minimum absolute atomic E-state index is 0.249. The third-order valence-corrected chi connectivity index (χ3v) is 3.04. The van der Waals surface area contributed by atoms with Crippen molar-refractivity contribution in [1.29, 1.82) is 5.26 Å². The Hall–Kier alpha value is -2.68. The monoisotopic (exact) mass is 269 g/mol. The molecule has 1 atom stereocenters. The highest BCUT2D eigenvalue weighted by Gasteiger charge is 2.21. The molecule has 102 valence electrons. The number of aromatic nitrogens is 3. The van der Waals surface area contributed by atoms with E-state index in [4.69, 9.17) is 5.26 Å². The summed E-state index contributed by atoms with van der Waals surface area (Å²) in [7, 11) is 1.65. The van der Waals surface area contributed by atoms with Gasteiger partial charge in [-0.3, -0.25) is 9.78 Å². The van der Waals surface area contributed by atoms with Gasteiger partial charge in [0.1, 0.15) is 5.92 Å². The zero-order valence-corrected chi connectivity index (χ0v) is 11.6. The molecule has 0 aliphatic heterocycles. The lowest BCUT2D eigenvalue weighted by molar-refractivity contribution is -0.120. The number of nitrogens with zero attached hydrogens (tertiary/aromatic N) is 5. The van der Waals surface area contributed by atoms with Gasteiger partial charge in [0.05, 0.1) is 35.5 Å². The van der Waals surface area contributed by atoms with Gasteiger partial charge in [0.25, 0.3) is 0 Å². The lowest BCUT2D eigenvalue weighted by atomic mass is 10.2. The van der Waals surface area contributed by atoms with Crippen molar-refractivity contribution in [2.45, 2.75) is 13.8 Å². The summed E-state index contributed by atoms with van der Waals surface area (Å²) in [6, 6.07) is 5.64. The molecule has 6 nitrogen and oxygen atoms in total. The summed E-state index contributed by atoms with van der Waals surface area (Å²) in [6.45, 7) is 3.41. The second kappa shape index (κ2) is 5.53. The fourth-order valence-corrected chi connectivity index (χ4v) is 1.87. The van der Waals surface area contributed by atoms with E-state index < -0.39 is 5.92 Å². The van der Waals surface area contributed by atoms with Crippen LogP contribution in [-0.4, -0.2) is 27.7 Å². The summed E-state index contributed by atoms with van der Waals surface area (Å²) in [5.74, 6) is -0.928. The van der Waals surface area contributed by atoms with Gasteiger partial charge in [-0.05, 0) is 26.0 Å². The highest BCUT2D eigenvalue weighted by Crippen LogP contribution is 2.21. The van der Waals surface area contributed by atoms with E-state index >= 15 is 0 Å². The Morgan fingerprint density at radius 2 is 2.30 bits per heavy atom. The fourth-order valence-electron chi connectivity index (χ4n) is 1.87. The molecule has 0 radical (unpaired) electrons. The minimum Gasteiger partial charge on any atom is -0.311 e. The summed E-state index contributed by atoms with van der Waals surface area (Å²) < 4.78 is 1.67. The number of aryl methyl sites for hydroxylation is 1. The number of carbonyl (C=O) groups is 1. The van der Waals surface area contributed by atoms with Crippen molar-refractivity contribution in [3.63, 3.8) is 0 Å². The topological polar surface area (TPSA) is 74.8 Å². The van der Waals surface area contributed by atoms with Crippen molar-refractivity contribution < 1.29 is 4.79 Å². The van der Waals surface area contributed by atoms with E-state index in [0.29, 0.717) is 5.69 Å². The molecular weight excluding hydrogens is 254 g/mol. The van der Waals surface area contributed by atoms with E-state index in [2.05, 4.69) is 10.1 Å². The van der Waals surface area contributed by atoms with Crippen LogP contribution in [0, 0.1) is 24.2 Å². The maximum atomic E-state index is 12.0. The van der Waals surface area contributed by atoms with Gasteiger partial charge in [-0.2, -0.15) is 10.4 Å². The molecule has 2 heterocycles. The fraction of sp³-hybridized carbons (Fsp3) is 0.286. The van der Waals surface area contributed by atoms with Gasteiger partial charge in [0, 0.05) is 13.2 Å². The highest BCUT2D eigenvalue weighted by molar-refractivity contribution is 5.96. The molecule has 0 aromatic carbocycles. The Bertz CT molecular complexity index is 656. The first-order valence-electron chi connectivity index (χ1n) is 6.18. The first-order chi connectivity index (χ1) is 9.54. The number of carbonyl (C=O) groups excluding carboxylic acids is 1. The third-order valence-electron chi connectivity index (χ3n) is 3.04. The van der Waals surface area contributed by atoms with E-state index in [-0.39, 0.29) is 5.91 Å². The molecule has 0 aliphatic rings. The zero-order valence-electron chi connectivity index (χ0n) is 11.6. The molecule has 0 spiro atoms. The summed E-state index contributed by atoms with van der Waals surface area (Å²) in [5.41, 5.74) is 2.21. The Morgan fingerprint density at radius 1 is 1.55 bits per heavy atom. The average molecular weight is 269 g/mol. The first-order valence-corrected chi connectivity index (χ1v) is 6.18. The van der Waals surface area contributed by atoms with Crippen LogP contribution in [0.1, 0.15) is 12.6 Å². The highest BCUT2D eigenvalue weighted by atomic mass is 16.2. The van der Waals surface area contributed by atoms with Gasteiger partial charge >= 0.3 is 0 Å². The van der Waals surface area contributed by atoms with Crippen LogP contribution in [0.2, 0.25) is 0 Å². The number of nitriles is 1. The molecule has 0 saturated carbocycles. The number of amides is 1. The Morgan fingerprint density at radius 3 is 2.90 bits per heavy atom. The maximum absolute atomic E-state index is 12.0. The van der Waals surface area contributed by atoms with Crippen LogP contribution in [0.25, 0.3) is 5.69 Å². The number of rotatable bonds is 3. The molecule has 2 aromatic heterocycles. The quantitative estimate of drug-likeness (QED) is 0.850.